The van der Waals surface area contributed by atoms with E-state index in [-0.39, 0.29) is 11.8 Å². The molecule has 0 aliphatic carbocycles. The highest BCUT2D eigenvalue weighted by Crippen LogP contribution is 2.22. The standard InChI is InChI=1S/C25H29N3O2/c1-18-7-9-19(10-8-18)14-27(2)17-25(30)28-15-21(24(29)16-28)13-22-12-11-20-5-3-4-6-23(20)26-22/h3-12,21,24,29H,13-17H2,1-2H3/t21-,24-/m1/s1. The minimum Gasteiger partial charge on any atom is -0.391 e. The number of fused-ring (bicyclic) bond motifs is 1. The minimum absolute atomic E-state index is 0.0185. The summed E-state index contributed by atoms with van der Waals surface area (Å²) in [5.41, 5.74) is 4.35. The lowest BCUT2D eigenvalue weighted by atomic mass is 9.99. The van der Waals surface area contributed by atoms with Crippen molar-refractivity contribution in [2.75, 3.05) is 26.7 Å². The van der Waals surface area contributed by atoms with Gasteiger partial charge in [-0.1, -0.05) is 54.1 Å². The molecule has 4 rings (SSSR count). The van der Waals surface area contributed by atoms with Crippen LogP contribution in [0.15, 0.2) is 60.7 Å². The van der Waals surface area contributed by atoms with E-state index < -0.39 is 6.10 Å². The van der Waals surface area contributed by atoms with Crippen LogP contribution in [0, 0.1) is 12.8 Å². The zero-order valence-corrected chi connectivity index (χ0v) is 17.7. The van der Waals surface area contributed by atoms with E-state index in [0.717, 1.165) is 23.1 Å². The normalized spacial score (nSPS) is 19.0. The highest BCUT2D eigenvalue weighted by atomic mass is 16.3. The van der Waals surface area contributed by atoms with Gasteiger partial charge in [-0.3, -0.25) is 14.7 Å². The van der Waals surface area contributed by atoms with Gasteiger partial charge in [0, 0.05) is 36.6 Å². The Morgan fingerprint density at radius 2 is 1.87 bits per heavy atom. The van der Waals surface area contributed by atoms with E-state index in [9.17, 15) is 9.90 Å². The molecule has 2 heterocycles. The van der Waals surface area contributed by atoms with Crippen molar-refractivity contribution in [3.05, 3.63) is 77.5 Å². The maximum atomic E-state index is 12.8. The molecule has 0 radical (unpaired) electrons. The highest BCUT2D eigenvalue weighted by Gasteiger charge is 2.34. The van der Waals surface area contributed by atoms with Crippen molar-refractivity contribution in [2.45, 2.75) is 26.0 Å². The predicted octanol–water partition coefficient (Wildman–Crippen LogP) is 3.04. The fourth-order valence-corrected chi connectivity index (χ4v) is 4.14. The Bertz CT molecular complexity index is 1020. The van der Waals surface area contributed by atoms with Crippen LogP contribution in [0.4, 0.5) is 0 Å². The van der Waals surface area contributed by atoms with E-state index in [1.165, 1.54) is 11.1 Å². The molecule has 1 amide bonds. The first kappa shape index (κ1) is 20.5. The Balaban J connectivity index is 1.33. The van der Waals surface area contributed by atoms with Gasteiger partial charge in [-0.25, -0.2) is 0 Å². The number of aliphatic hydroxyl groups is 1. The quantitative estimate of drug-likeness (QED) is 0.687. The lowest BCUT2D eigenvalue weighted by Gasteiger charge is -2.21. The molecule has 5 heteroatoms. The second-order valence-corrected chi connectivity index (χ2v) is 8.48. The number of carbonyl (C=O) groups excluding carboxylic acids is 1. The number of likely N-dealkylation sites (tertiary alicyclic amines) is 1. The zero-order valence-electron chi connectivity index (χ0n) is 17.7. The number of aliphatic hydroxyl groups excluding tert-OH is 1. The number of para-hydroxylation sites is 1. The van der Waals surface area contributed by atoms with E-state index in [1.807, 2.05) is 42.3 Å². The molecule has 2 aromatic carbocycles. The molecule has 156 valence electrons. The van der Waals surface area contributed by atoms with Crippen molar-refractivity contribution < 1.29 is 9.90 Å². The summed E-state index contributed by atoms with van der Waals surface area (Å²) < 4.78 is 0. The number of benzene rings is 2. The van der Waals surface area contributed by atoms with Crippen LogP contribution in [-0.2, 0) is 17.8 Å². The molecular formula is C25H29N3O2. The number of hydrogen-bond acceptors (Lipinski definition) is 4. The van der Waals surface area contributed by atoms with E-state index in [4.69, 9.17) is 4.98 Å². The van der Waals surface area contributed by atoms with E-state index in [1.54, 1.807) is 4.90 Å². The van der Waals surface area contributed by atoms with Gasteiger partial charge in [-0.05, 0) is 38.1 Å². The van der Waals surface area contributed by atoms with Crippen molar-refractivity contribution >= 4 is 16.8 Å². The van der Waals surface area contributed by atoms with Crippen LogP contribution >= 0.6 is 0 Å². The average Bonchev–Trinajstić information content (AvgIpc) is 3.10. The van der Waals surface area contributed by atoms with Crippen LogP contribution in [0.25, 0.3) is 10.9 Å². The Labute approximate surface area is 178 Å². The number of carbonyl (C=O) groups is 1. The smallest absolute Gasteiger partial charge is 0.236 e. The van der Waals surface area contributed by atoms with E-state index >= 15 is 0 Å². The highest BCUT2D eigenvalue weighted by molar-refractivity contribution is 5.79. The van der Waals surface area contributed by atoms with Gasteiger partial charge < -0.3 is 10.0 Å². The summed E-state index contributed by atoms with van der Waals surface area (Å²) in [4.78, 5) is 21.3. The number of aryl methyl sites for hydroxylation is 1. The Hall–Kier alpha value is -2.76. The molecule has 1 fully saturated rings. The van der Waals surface area contributed by atoms with Crippen LogP contribution in [0.3, 0.4) is 0 Å². The van der Waals surface area contributed by atoms with Crippen molar-refractivity contribution in [2.24, 2.45) is 5.92 Å². The predicted molar refractivity (Wildman–Crippen MR) is 119 cm³/mol. The van der Waals surface area contributed by atoms with Crippen LogP contribution in [0.1, 0.15) is 16.8 Å². The fourth-order valence-electron chi connectivity index (χ4n) is 4.14. The monoisotopic (exact) mass is 403 g/mol. The Morgan fingerprint density at radius 1 is 1.10 bits per heavy atom. The topological polar surface area (TPSA) is 56.7 Å². The van der Waals surface area contributed by atoms with E-state index in [2.05, 4.69) is 37.3 Å². The van der Waals surface area contributed by atoms with Gasteiger partial charge in [0.2, 0.25) is 5.91 Å². The summed E-state index contributed by atoms with van der Waals surface area (Å²) in [6.45, 7) is 4.12. The maximum absolute atomic E-state index is 12.8. The van der Waals surface area contributed by atoms with Crippen molar-refractivity contribution in [3.63, 3.8) is 0 Å². The van der Waals surface area contributed by atoms with Crippen LogP contribution in [0.5, 0.6) is 0 Å². The number of rotatable bonds is 6. The third-order valence-electron chi connectivity index (χ3n) is 5.86. The van der Waals surface area contributed by atoms with Crippen LogP contribution in [-0.4, -0.2) is 58.6 Å². The number of hydrogen-bond donors (Lipinski definition) is 1. The Kier molecular flexibility index (Phi) is 6.11. The molecular weight excluding hydrogens is 374 g/mol. The van der Waals surface area contributed by atoms with Crippen LogP contribution < -0.4 is 0 Å². The number of β-amino-alcohol motifs (C(OH)–C–C–N with tert-alkyl or cyclic N) is 1. The molecule has 0 saturated carbocycles. The first-order valence-corrected chi connectivity index (χ1v) is 10.5. The van der Waals surface area contributed by atoms with Crippen molar-refractivity contribution in [3.8, 4) is 0 Å². The number of pyridine rings is 1. The first-order chi connectivity index (χ1) is 14.5. The summed E-state index contributed by atoms with van der Waals surface area (Å²) in [5.74, 6) is 0.0858. The molecule has 30 heavy (non-hydrogen) atoms. The maximum Gasteiger partial charge on any atom is 0.236 e. The number of aromatic nitrogens is 1. The summed E-state index contributed by atoms with van der Waals surface area (Å²) in [6.07, 6.45) is 0.166. The number of nitrogens with zero attached hydrogens (tertiary/aromatic N) is 3. The zero-order chi connectivity index (χ0) is 21.1. The van der Waals surface area contributed by atoms with Gasteiger partial charge in [-0.2, -0.15) is 0 Å². The molecule has 1 aliphatic rings. The second-order valence-electron chi connectivity index (χ2n) is 8.48. The van der Waals surface area contributed by atoms with E-state index in [0.29, 0.717) is 26.1 Å². The summed E-state index contributed by atoms with van der Waals surface area (Å²) in [5, 5.41) is 11.7. The summed E-state index contributed by atoms with van der Waals surface area (Å²) >= 11 is 0. The van der Waals surface area contributed by atoms with Gasteiger partial charge in [0.05, 0.1) is 18.2 Å². The fraction of sp³-hybridized carbons (Fsp3) is 0.360. The third kappa shape index (κ3) is 4.86. The van der Waals surface area contributed by atoms with Gasteiger partial charge >= 0.3 is 0 Å². The molecule has 0 bridgehead atoms. The molecule has 0 spiro atoms. The third-order valence-corrected chi connectivity index (χ3v) is 5.86. The number of likely N-dealkylation sites (N-methyl/N-ethyl adjacent to an activating group) is 1. The van der Waals surface area contributed by atoms with Crippen molar-refractivity contribution in [1.82, 2.24) is 14.8 Å². The molecule has 3 aromatic rings. The van der Waals surface area contributed by atoms with Gasteiger partial charge in [0.25, 0.3) is 0 Å². The second kappa shape index (κ2) is 8.94. The molecule has 1 saturated heterocycles. The number of amides is 1. The summed E-state index contributed by atoms with van der Waals surface area (Å²) in [7, 11) is 1.96. The van der Waals surface area contributed by atoms with Gasteiger partial charge in [0.15, 0.2) is 0 Å². The molecule has 2 atom stereocenters. The SMILES string of the molecule is Cc1ccc(CN(C)CC(=O)N2C[C@@H](Cc3ccc4ccccc4n3)[C@H](O)C2)cc1. The first-order valence-electron chi connectivity index (χ1n) is 10.5. The average molecular weight is 404 g/mol. The molecule has 1 aromatic heterocycles. The Morgan fingerprint density at radius 3 is 2.67 bits per heavy atom. The van der Waals surface area contributed by atoms with Crippen molar-refractivity contribution in [1.29, 1.82) is 0 Å². The molecule has 5 nitrogen and oxygen atoms in total. The minimum atomic E-state index is -0.510. The molecule has 1 aliphatic heterocycles. The molecule has 1 N–H and O–H groups in total. The summed E-state index contributed by atoms with van der Waals surface area (Å²) in [6, 6.07) is 20.5. The van der Waals surface area contributed by atoms with Gasteiger partial charge in [0.1, 0.15) is 0 Å². The largest absolute Gasteiger partial charge is 0.391 e. The lowest BCUT2D eigenvalue weighted by Crippen LogP contribution is -2.38. The van der Waals surface area contributed by atoms with Crippen LogP contribution in [0.2, 0.25) is 0 Å². The van der Waals surface area contributed by atoms with Gasteiger partial charge in [-0.15, -0.1) is 0 Å². The molecule has 0 unspecified atom stereocenters. The lowest BCUT2D eigenvalue weighted by molar-refractivity contribution is -0.131.